The van der Waals surface area contributed by atoms with Crippen LogP contribution in [0, 0.1) is 5.82 Å². The number of methoxy groups -OCH3 is 1. The largest absolute Gasteiger partial charge is 0.497 e. The van der Waals surface area contributed by atoms with Crippen molar-refractivity contribution < 1.29 is 13.9 Å². The van der Waals surface area contributed by atoms with E-state index >= 15 is 0 Å². The molecule has 0 unspecified atom stereocenters. The van der Waals surface area contributed by atoms with E-state index in [1.165, 1.54) is 19.2 Å². The van der Waals surface area contributed by atoms with Gasteiger partial charge in [0.15, 0.2) is 0 Å². The maximum atomic E-state index is 14.0. The van der Waals surface area contributed by atoms with Crippen LogP contribution in [0.5, 0.6) is 5.75 Å². The molecule has 0 bridgehead atoms. The molecule has 0 atom stereocenters. The minimum absolute atomic E-state index is 0.0315. The zero-order valence-corrected chi connectivity index (χ0v) is 17.6. The van der Waals surface area contributed by atoms with Gasteiger partial charge in [0.2, 0.25) is 0 Å². The number of rotatable bonds is 5. The first-order chi connectivity index (χ1) is 13.5. The number of thiazole rings is 1. The van der Waals surface area contributed by atoms with Gasteiger partial charge in [0, 0.05) is 28.6 Å². The number of hydrogen-bond donors (Lipinski definition) is 1. The first-order valence-electron chi connectivity index (χ1n) is 9.18. The van der Waals surface area contributed by atoms with E-state index in [0.717, 1.165) is 16.3 Å². The topological polar surface area (TPSA) is 51.2 Å². The van der Waals surface area contributed by atoms with Crippen molar-refractivity contribution in [2.45, 2.75) is 33.6 Å². The van der Waals surface area contributed by atoms with Crippen LogP contribution >= 0.6 is 11.3 Å². The number of halogens is 1. The number of ether oxygens (including phenoxy) is 1. The number of anilines is 1. The maximum absolute atomic E-state index is 14.0. The van der Waals surface area contributed by atoms with Crippen molar-refractivity contribution in [3.8, 4) is 17.0 Å². The molecule has 3 rings (SSSR count). The third kappa shape index (κ3) is 5.16. The van der Waals surface area contributed by atoms with Gasteiger partial charge in [-0.25, -0.2) is 9.37 Å². The molecule has 4 nitrogen and oxygen atoms in total. The number of nitrogens with one attached hydrogen (secondary N) is 1. The average molecular weight is 401 g/mol. The van der Waals surface area contributed by atoms with Crippen LogP contribution in [-0.2, 0) is 0 Å². The maximum Gasteiger partial charge on any atom is 0.258 e. The fraction of sp³-hybridized carbons (Fsp3) is 0.273. The predicted octanol–water partition coefficient (Wildman–Crippen LogP) is 6.36. The van der Waals surface area contributed by atoms with E-state index < -0.39 is 11.7 Å². The highest BCUT2D eigenvalue weighted by Gasteiger charge is 2.13. The quantitative estimate of drug-likeness (QED) is 0.542. The monoisotopic (exact) mass is 400 g/mol. The van der Waals surface area contributed by atoms with Gasteiger partial charge in [-0.3, -0.25) is 4.79 Å². The van der Waals surface area contributed by atoms with Crippen LogP contribution < -0.4 is 10.1 Å². The first kappa shape index (κ1) is 21.6. The number of carbonyl (C=O) groups excluding carboxylic acids is 1. The van der Waals surface area contributed by atoms with Crippen molar-refractivity contribution in [2.24, 2.45) is 0 Å². The molecule has 1 aromatic heterocycles. The van der Waals surface area contributed by atoms with E-state index in [4.69, 9.17) is 4.74 Å². The van der Waals surface area contributed by atoms with Crippen LogP contribution in [0.3, 0.4) is 0 Å². The van der Waals surface area contributed by atoms with E-state index in [1.807, 2.05) is 31.4 Å². The minimum atomic E-state index is -0.623. The summed E-state index contributed by atoms with van der Waals surface area (Å²) in [5.41, 5.74) is 2.45. The van der Waals surface area contributed by atoms with Gasteiger partial charge >= 0.3 is 0 Å². The van der Waals surface area contributed by atoms with Gasteiger partial charge in [-0.2, -0.15) is 0 Å². The predicted molar refractivity (Wildman–Crippen MR) is 114 cm³/mol. The minimum Gasteiger partial charge on any atom is -0.497 e. The fourth-order valence-corrected chi connectivity index (χ4v) is 3.26. The lowest BCUT2D eigenvalue weighted by Gasteiger charge is -2.08. The summed E-state index contributed by atoms with van der Waals surface area (Å²) < 4.78 is 18.9. The lowest BCUT2D eigenvalue weighted by Crippen LogP contribution is -2.13. The van der Waals surface area contributed by atoms with Crippen molar-refractivity contribution >= 4 is 22.9 Å². The lowest BCUT2D eigenvalue weighted by atomic mass is 10.1. The van der Waals surface area contributed by atoms with E-state index in [1.54, 1.807) is 29.5 Å². The number of nitrogens with zero attached hydrogens (tertiary/aromatic N) is 1. The average Bonchev–Trinajstić information content (AvgIpc) is 3.20. The summed E-state index contributed by atoms with van der Waals surface area (Å²) >= 11 is 1.64. The third-order valence-corrected chi connectivity index (χ3v) is 5.02. The lowest BCUT2D eigenvalue weighted by molar-refractivity contribution is 0.102. The van der Waals surface area contributed by atoms with Crippen LogP contribution in [0.2, 0.25) is 0 Å². The Bertz CT molecular complexity index is 921. The van der Waals surface area contributed by atoms with Crippen LogP contribution in [0.15, 0.2) is 47.8 Å². The van der Waals surface area contributed by atoms with Crippen LogP contribution in [0.4, 0.5) is 10.1 Å². The van der Waals surface area contributed by atoms with E-state index in [2.05, 4.69) is 24.1 Å². The SMILES string of the molecule is CC.COc1ccc(C(=O)Nc2ccc(-c3csc(C(C)C)n3)cc2)c(F)c1. The molecule has 1 heterocycles. The zero-order chi connectivity index (χ0) is 20.7. The summed E-state index contributed by atoms with van der Waals surface area (Å²) in [7, 11) is 1.45. The Morgan fingerprint density at radius 2 is 1.82 bits per heavy atom. The van der Waals surface area contributed by atoms with Gasteiger partial charge in [0.25, 0.3) is 5.91 Å². The van der Waals surface area contributed by atoms with Crippen LogP contribution in [-0.4, -0.2) is 18.0 Å². The standard InChI is InChI=1S/C20H19FN2O2S.C2H6/c1-12(2)20-23-18(11-26-20)13-4-6-14(7-5-13)22-19(24)16-9-8-15(25-3)10-17(16)21;1-2/h4-12H,1-3H3,(H,22,24);1-2H3. The number of carbonyl (C=O) groups is 1. The summed E-state index contributed by atoms with van der Waals surface area (Å²) in [6, 6.07) is 11.5. The molecule has 0 aliphatic carbocycles. The highest BCUT2D eigenvalue weighted by molar-refractivity contribution is 7.10. The van der Waals surface area contributed by atoms with E-state index in [0.29, 0.717) is 17.4 Å². The van der Waals surface area contributed by atoms with Gasteiger partial charge in [-0.05, 0) is 24.3 Å². The summed E-state index contributed by atoms with van der Waals surface area (Å²) in [5, 5.41) is 5.81. The second-order valence-electron chi connectivity index (χ2n) is 6.10. The molecule has 0 spiro atoms. The molecule has 0 aliphatic heterocycles. The van der Waals surface area contributed by atoms with Gasteiger partial charge < -0.3 is 10.1 Å². The molecule has 6 heteroatoms. The van der Waals surface area contributed by atoms with E-state index in [-0.39, 0.29) is 5.56 Å². The van der Waals surface area contributed by atoms with Crippen molar-refractivity contribution in [1.82, 2.24) is 4.98 Å². The highest BCUT2D eigenvalue weighted by Crippen LogP contribution is 2.27. The smallest absolute Gasteiger partial charge is 0.258 e. The van der Waals surface area contributed by atoms with Gasteiger partial charge in [-0.1, -0.05) is 39.8 Å². The first-order valence-corrected chi connectivity index (χ1v) is 10.1. The molecule has 1 N–H and O–H groups in total. The molecule has 0 saturated heterocycles. The van der Waals surface area contributed by atoms with Crippen molar-refractivity contribution in [3.05, 3.63) is 64.2 Å². The molecule has 28 heavy (non-hydrogen) atoms. The number of aromatic nitrogens is 1. The highest BCUT2D eigenvalue weighted by atomic mass is 32.1. The number of amides is 1. The third-order valence-electron chi connectivity index (χ3n) is 3.88. The second kappa shape index (κ2) is 9.99. The normalized spacial score (nSPS) is 10.2. The Kier molecular flexibility index (Phi) is 7.70. The summed E-state index contributed by atoms with van der Waals surface area (Å²) in [5.74, 6) is -0.366. The molecular weight excluding hydrogens is 375 g/mol. The Morgan fingerprint density at radius 1 is 1.14 bits per heavy atom. The molecule has 0 fully saturated rings. The Hall–Kier alpha value is -2.73. The number of hydrogen-bond acceptors (Lipinski definition) is 4. The molecule has 1 amide bonds. The van der Waals surface area contributed by atoms with Gasteiger partial charge in [0.05, 0.1) is 23.4 Å². The molecule has 3 aromatic rings. The van der Waals surface area contributed by atoms with Crippen LogP contribution in [0.25, 0.3) is 11.3 Å². The van der Waals surface area contributed by atoms with E-state index in [9.17, 15) is 9.18 Å². The summed E-state index contributed by atoms with van der Waals surface area (Å²) in [6.07, 6.45) is 0. The van der Waals surface area contributed by atoms with Crippen molar-refractivity contribution in [3.63, 3.8) is 0 Å². The van der Waals surface area contributed by atoms with Gasteiger partial charge in [-0.15, -0.1) is 11.3 Å². The van der Waals surface area contributed by atoms with Gasteiger partial charge in [0.1, 0.15) is 11.6 Å². The van der Waals surface area contributed by atoms with Crippen LogP contribution in [0.1, 0.15) is 49.0 Å². The van der Waals surface area contributed by atoms with Crippen molar-refractivity contribution in [1.29, 1.82) is 0 Å². The molecule has 0 radical (unpaired) electrons. The molecule has 0 saturated carbocycles. The Labute approximate surface area is 169 Å². The summed E-state index contributed by atoms with van der Waals surface area (Å²) in [6.45, 7) is 8.22. The fourth-order valence-electron chi connectivity index (χ4n) is 2.42. The Morgan fingerprint density at radius 3 is 2.36 bits per heavy atom. The summed E-state index contributed by atoms with van der Waals surface area (Å²) in [4.78, 5) is 16.9. The molecule has 148 valence electrons. The Balaban J connectivity index is 0.00000136. The second-order valence-corrected chi connectivity index (χ2v) is 6.99. The molecule has 2 aromatic carbocycles. The molecular formula is C22H25FN2O2S. The number of benzene rings is 2. The molecule has 0 aliphatic rings. The zero-order valence-electron chi connectivity index (χ0n) is 16.7. The van der Waals surface area contributed by atoms with Crippen molar-refractivity contribution in [2.75, 3.05) is 12.4 Å².